The normalized spacial score (nSPS) is 17.2. The molecule has 1 unspecified atom stereocenters. The standard InChI is InChI=1S/C19H24FN3O/c1-15(2)18(14-21)22-9-11-23(12-10-22)19(24)8-4-6-16-5-3-7-17(20)13-16/h3-7,13,15,18H,8-12H2,1-2H3. The summed E-state index contributed by atoms with van der Waals surface area (Å²) < 4.78 is 13.1. The molecule has 1 amide bonds. The largest absolute Gasteiger partial charge is 0.340 e. The van der Waals surface area contributed by atoms with Crippen LogP contribution in [0.1, 0.15) is 25.8 Å². The molecule has 5 heteroatoms. The van der Waals surface area contributed by atoms with Crippen molar-refractivity contribution in [1.82, 2.24) is 9.80 Å². The first kappa shape index (κ1) is 18.2. The second kappa shape index (κ2) is 8.60. The minimum atomic E-state index is -0.281. The lowest BCUT2D eigenvalue weighted by molar-refractivity contribution is -0.132. The van der Waals surface area contributed by atoms with Crippen LogP contribution >= 0.6 is 0 Å². The molecule has 1 atom stereocenters. The lowest BCUT2D eigenvalue weighted by atomic mass is 10.0. The topological polar surface area (TPSA) is 47.3 Å². The van der Waals surface area contributed by atoms with Gasteiger partial charge in [0.25, 0.3) is 0 Å². The van der Waals surface area contributed by atoms with Crippen molar-refractivity contribution in [2.45, 2.75) is 26.3 Å². The summed E-state index contributed by atoms with van der Waals surface area (Å²) in [4.78, 5) is 16.2. The summed E-state index contributed by atoms with van der Waals surface area (Å²) >= 11 is 0. The number of piperazine rings is 1. The summed E-state index contributed by atoms with van der Waals surface area (Å²) in [6.07, 6.45) is 3.85. The van der Waals surface area contributed by atoms with Gasteiger partial charge in [-0.2, -0.15) is 5.26 Å². The third kappa shape index (κ3) is 4.90. The Morgan fingerprint density at radius 2 is 2.04 bits per heavy atom. The predicted octanol–water partition coefficient (Wildman–Crippen LogP) is 2.92. The van der Waals surface area contributed by atoms with E-state index in [1.165, 1.54) is 12.1 Å². The fourth-order valence-corrected chi connectivity index (χ4v) is 2.94. The van der Waals surface area contributed by atoms with Crippen LogP contribution in [0, 0.1) is 23.1 Å². The fourth-order valence-electron chi connectivity index (χ4n) is 2.94. The lowest BCUT2D eigenvalue weighted by Gasteiger charge is -2.38. The lowest BCUT2D eigenvalue weighted by Crippen LogP contribution is -2.52. The van der Waals surface area contributed by atoms with Gasteiger partial charge in [-0.05, 0) is 23.6 Å². The molecule has 1 heterocycles. The Balaban J connectivity index is 1.82. The van der Waals surface area contributed by atoms with Gasteiger partial charge in [-0.1, -0.05) is 38.1 Å². The summed E-state index contributed by atoms with van der Waals surface area (Å²) in [6, 6.07) is 8.55. The maximum Gasteiger partial charge on any atom is 0.226 e. The molecule has 0 saturated carbocycles. The Hall–Kier alpha value is -2.19. The van der Waals surface area contributed by atoms with Gasteiger partial charge in [-0.15, -0.1) is 0 Å². The van der Waals surface area contributed by atoms with E-state index in [1.807, 2.05) is 18.7 Å². The van der Waals surface area contributed by atoms with Crippen LogP contribution in [0.5, 0.6) is 0 Å². The molecule has 0 aliphatic carbocycles. The number of nitrogens with zero attached hydrogens (tertiary/aromatic N) is 3. The van der Waals surface area contributed by atoms with E-state index in [0.717, 1.165) is 18.7 Å². The van der Waals surface area contributed by atoms with Gasteiger partial charge in [0, 0.05) is 32.6 Å². The predicted molar refractivity (Wildman–Crippen MR) is 92.4 cm³/mol. The average Bonchev–Trinajstić information content (AvgIpc) is 2.56. The van der Waals surface area contributed by atoms with Gasteiger partial charge < -0.3 is 4.90 Å². The molecule has 1 fully saturated rings. The van der Waals surface area contributed by atoms with Gasteiger partial charge in [-0.3, -0.25) is 9.69 Å². The zero-order valence-corrected chi connectivity index (χ0v) is 14.3. The number of amides is 1. The molecule has 4 nitrogen and oxygen atoms in total. The molecule has 0 bridgehead atoms. The van der Waals surface area contributed by atoms with Crippen molar-refractivity contribution in [2.24, 2.45) is 5.92 Å². The van der Waals surface area contributed by atoms with Crippen LogP contribution in [0.2, 0.25) is 0 Å². The van der Waals surface area contributed by atoms with E-state index >= 15 is 0 Å². The number of carbonyl (C=O) groups excluding carboxylic acids is 1. The summed E-state index contributed by atoms with van der Waals surface area (Å²) in [5, 5.41) is 9.26. The van der Waals surface area contributed by atoms with Crippen LogP contribution in [-0.4, -0.2) is 47.9 Å². The van der Waals surface area contributed by atoms with Crippen LogP contribution < -0.4 is 0 Å². The summed E-state index contributed by atoms with van der Waals surface area (Å²) in [7, 11) is 0. The van der Waals surface area contributed by atoms with Crippen molar-refractivity contribution >= 4 is 12.0 Å². The summed E-state index contributed by atoms with van der Waals surface area (Å²) in [5.74, 6) is 0.0728. The van der Waals surface area contributed by atoms with E-state index in [4.69, 9.17) is 0 Å². The number of hydrogen-bond acceptors (Lipinski definition) is 3. The quantitative estimate of drug-likeness (QED) is 0.834. The number of halogens is 1. The highest BCUT2D eigenvalue weighted by Gasteiger charge is 2.27. The maximum atomic E-state index is 13.1. The number of benzene rings is 1. The molecule has 0 N–H and O–H groups in total. The zero-order valence-electron chi connectivity index (χ0n) is 14.3. The van der Waals surface area contributed by atoms with E-state index in [2.05, 4.69) is 11.0 Å². The second-order valence-corrected chi connectivity index (χ2v) is 6.40. The van der Waals surface area contributed by atoms with Crippen molar-refractivity contribution < 1.29 is 9.18 Å². The van der Waals surface area contributed by atoms with Gasteiger partial charge in [0.2, 0.25) is 5.91 Å². The second-order valence-electron chi connectivity index (χ2n) is 6.40. The van der Waals surface area contributed by atoms with Gasteiger partial charge >= 0.3 is 0 Å². The molecule has 1 aliphatic heterocycles. The number of rotatable bonds is 5. The number of hydrogen-bond donors (Lipinski definition) is 0. The van der Waals surface area contributed by atoms with E-state index in [-0.39, 0.29) is 23.7 Å². The molecule has 24 heavy (non-hydrogen) atoms. The minimum Gasteiger partial charge on any atom is -0.340 e. The van der Waals surface area contributed by atoms with Crippen molar-refractivity contribution in [3.8, 4) is 6.07 Å². The minimum absolute atomic E-state index is 0.0698. The van der Waals surface area contributed by atoms with Gasteiger partial charge in [0.05, 0.1) is 6.07 Å². The molecule has 0 spiro atoms. The van der Waals surface area contributed by atoms with Crippen LogP contribution in [-0.2, 0) is 4.79 Å². The zero-order chi connectivity index (χ0) is 17.5. The molecular formula is C19H24FN3O. The summed E-state index contributed by atoms with van der Waals surface area (Å²) in [5.41, 5.74) is 0.751. The highest BCUT2D eigenvalue weighted by Crippen LogP contribution is 2.14. The van der Waals surface area contributed by atoms with Gasteiger partial charge in [0.1, 0.15) is 11.9 Å². The SMILES string of the molecule is CC(C)C(C#N)N1CCN(C(=O)CC=Cc2cccc(F)c2)CC1. The van der Waals surface area contributed by atoms with Crippen molar-refractivity contribution in [3.05, 3.63) is 41.7 Å². The molecule has 1 aromatic carbocycles. The molecule has 0 radical (unpaired) electrons. The number of nitriles is 1. The molecular weight excluding hydrogens is 305 g/mol. The third-order valence-corrected chi connectivity index (χ3v) is 4.28. The first-order valence-electron chi connectivity index (χ1n) is 8.35. The molecule has 2 rings (SSSR count). The smallest absolute Gasteiger partial charge is 0.226 e. The average molecular weight is 329 g/mol. The van der Waals surface area contributed by atoms with Crippen LogP contribution in [0.3, 0.4) is 0 Å². The van der Waals surface area contributed by atoms with E-state index in [9.17, 15) is 14.4 Å². The van der Waals surface area contributed by atoms with E-state index in [1.54, 1.807) is 24.3 Å². The van der Waals surface area contributed by atoms with Crippen LogP contribution in [0.25, 0.3) is 6.08 Å². The van der Waals surface area contributed by atoms with Gasteiger partial charge in [-0.25, -0.2) is 4.39 Å². The Morgan fingerprint density at radius 1 is 1.33 bits per heavy atom. The van der Waals surface area contributed by atoms with Crippen LogP contribution in [0.15, 0.2) is 30.3 Å². The van der Waals surface area contributed by atoms with Crippen molar-refractivity contribution in [3.63, 3.8) is 0 Å². The highest BCUT2D eigenvalue weighted by molar-refractivity contribution is 5.78. The monoisotopic (exact) mass is 329 g/mol. The van der Waals surface area contributed by atoms with E-state index in [0.29, 0.717) is 19.5 Å². The van der Waals surface area contributed by atoms with Crippen LogP contribution in [0.4, 0.5) is 4.39 Å². The molecule has 1 saturated heterocycles. The molecule has 1 aliphatic rings. The van der Waals surface area contributed by atoms with Crippen molar-refractivity contribution in [1.29, 1.82) is 5.26 Å². The maximum absolute atomic E-state index is 13.1. The molecule has 128 valence electrons. The first-order valence-corrected chi connectivity index (χ1v) is 8.35. The van der Waals surface area contributed by atoms with Gasteiger partial charge in [0.15, 0.2) is 0 Å². The molecule has 0 aromatic heterocycles. The Morgan fingerprint density at radius 3 is 2.62 bits per heavy atom. The first-order chi connectivity index (χ1) is 11.5. The fraction of sp³-hybridized carbons (Fsp3) is 0.474. The molecule has 1 aromatic rings. The Kier molecular flexibility index (Phi) is 6.51. The van der Waals surface area contributed by atoms with Crippen molar-refractivity contribution in [2.75, 3.05) is 26.2 Å². The Labute approximate surface area is 143 Å². The third-order valence-electron chi connectivity index (χ3n) is 4.28. The summed E-state index contributed by atoms with van der Waals surface area (Å²) in [6.45, 7) is 6.85. The number of carbonyl (C=O) groups is 1. The Bertz CT molecular complexity index is 628. The highest BCUT2D eigenvalue weighted by atomic mass is 19.1. The van der Waals surface area contributed by atoms with E-state index < -0.39 is 0 Å².